The van der Waals surface area contributed by atoms with Crippen molar-refractivity contribution in [3.8, 4) is 0 Å². The molecule has 3 rings (SSSR count). The Balaban J connectivity index is 0.00000208. The second-order valence-electron chi connectivity index (χ2n) is 6.22. The topological polar surface area (TPSA) is 87.3 Å². The van der Waals surface area contributed by atoms with Gasteiger partial charge in [0.2, 0.25) is 11.8 Å². The van der Waals surface area contributed by atoms with E-state index in [0.717, 1.165) is 24.9 Å². The van der Waals surface area contributed by atoms with Crippen molar-refractivity contribution in [1.82, 2.24) is 16.0 Å². The average Bonchev–Trinajstić information content (AvgIpc) is 3.16. The fourth-order valence-electron chi connectivity index (χ4n) is 3.10. The van der Waals surface area contributed by atoms with Crippen LogP contribution in [0, 0.1) is 5.92 Å². The van der Waals surface area contributed by atoms with Gasteiger partial charge in [-0.25, -0.2) is 0 Å². The summed E-state index contributed by atoms with van der Waals surface area (Å²) in [6.07, 6.45) is 3.02. The minimum absolute atomic E-state index is 0. The zero-order valence-corrected chi connectivity index (χ0v) is 14.2. The maximum absolute atomic E-state index is 12.1. The van der Waals surface area contributed by atoms with Gasteiger partial charge >= 0.3 is 0 Å². The highest BCUT2D eigenvalue weighted by Gasteiger charge is 2.30. The van der Waals surface area contributed by atoms with Gasteiger partial charge in [0.05, 0.1) is 5.92 Å². The molecule has 3 N–H and O–H groups in total. The van der Waals surface area contributed by atoms with E-state index < -0.39 is 0 Å². The summed E-state index contributed by atoms with van der Waals surface area (Å²) in [6, 6.07) is 7.59. The SMILES string of the molecule is Cl.O=C1CC(Cc2ccc(C(=O)NCC3CCCN3)cc2)C(=O)N1. The molecule has 0 aromatic heterocycles. The van der Waals surface area contributed by atoms with Crippen LogP contribution in [-0.4, -0.2) is 36.9 Å². The highest BCUT2D eigenvalue weighted by Crippen LogP contribution is 2.17. The lowest BCUT2D eigenvalue weighted by atomic mass is 9.97. The van der Waals surface area contributed by atoms with Crippen LogP contribution >= 0.6 is 12.4 Å². The fourth-order valence-corrected chi connectivity index (χ4v) is 3.10. The van der Waals surface area contributed by atoms with Gasteiger partial charge in [-0.3, -0.25) is 19.7 Å². The van der Waals surface area contributed by atoms with E-state index in [1.54, 1.807) is 12.1 Å². The van der Waals surface area contributed by atoms with Crippen LogP contribution < -0.4 is 16.0 Å². The Morgan fingerprint density at radius 2 is 1.96 bits per heavy atom. The summed E-state index contributed by atoms with van der Waals surface area (Å²) in [6.45, 7) is 1.66. The summed E-state index contributed by atoms with van der Waals surface area (Å²) >= 11 is 0. The van der Waals surface area contributed by atoms with E-state index in [1.807, 2.05) is 12.1 Å². The molecule has 2 atom stereocenters. The smallest absolute Gasteiger partial charge is 0.251 e. The van der Waals surface area contributed by atoms with Gasteiger partial charge in [0.15, 0.2) is 0 Å². The van der Waals surface area contributed by atoms with E-state index in [4.69, 9.17) is 0 Å². The summed E-state index contributed by atoms with van der Waals surface area (Å²) in [4.78, 5) is 34.9. The van der Waals surface area contributed by atoms with Crippen LogP contribution in [0.3, 0.4) is 0 Å². The molecule has 2 fully saturated rings. The van der Waals surface area contributed by atoms with Crippen LogP contribution in [0.4, 0.5) is 0 Å². The average molecular weight is 352 g/mol. The Kier molecular flexibility index (Phi) is 6.34. The third kappa shape index (κ3) is 4.55. The van der Waals surface area contributed by atoms with E-state index in [2.05, 4.69) is 16.0 Å². The van der Waals surface area contributed by atoms with Crippen molar-refractivity contribution in [1.29, 1.82) is 0 Å². The maximum Gasteiger partial charge on any atom is 0.251 e. The molecule has 3 amide bonds. The Morgan fingerprint density at radius 1 is 1.21 bits per heavy atom. The molecular weight excluding hydrogens is 330 g/mol. The first-order chi connectivity index (χ1) is 11.1. The van der Waals surface area contributed by atoms with Crippen LogP contribution in [0.25, 0.3) is 0 Å². The zero-order chi connectivity index (χ0) is 16.2. The van der Waals surface area contributed by atoms with Crippen LogP contribution in [0.5, 0.6) is 0 Å². The number of imide groups is 1. The second-order valence-corrected chi connectivity index (χ2v) is 6.22. The molecule has 0 aliphatic carbocycles. The molecule has 2 heterocycles. The Bertz CT molecular complexity index is 612. The van der Waals surface area contributed by atoms with E-state index in [-0.39, 0.29) is 42.5 Å². The van der Waals surface area contributed by atoms with Gasteiger partial charge in [-0.1, -0.05) is 12.1 Å². The number of amides is 3. The molecule has 130 valence electrons. The normalized spacial score (nSPS) is 22.8. The number of benzene rings is 1. The van der Waals surface area contributed by atoms with Crippen LogP contribution in [-0.2, 0) is 16.0 Å². The Labute approximate surface area is 147 Å². The highest BCUT2D eigenvalue weighted by atomic mass is 35.5. The van der Waals surface area contributed by atoms with Crippen molar-refractivity contribution in [3.05, 3.63) is 35.4 Å². The predicted molar refractivity (Wildman–Crippen MR) is 92.0 cm³/mol. The Hall–Kier alpha value is -1.92. The fraction of sp³-hybridized carbons (Fsp3) is 0.471. The first-order valence-electron chi connectivity index (χ1n) is 8.06. The number of hydrogen-bond acceptors (Lipinski definition) is 4. The van der Waals surface area contributed by atoms with Gasteiger partial charge in [0.25, 0.3) is 5.91 Å². The summed E-state index contributed by atoms with van der Waals surface area (Å²) in [5, 5.41) is 8.59. The predicted octanol–water partition coefficient (Wildman–Crippen LogP) is 0.795. The number of carbonyl (C=O) groups excluding carboxylic acids is 3. The zero-order valence-electron chi connectivity index (χ0n) is 13.3. The largest absolute Gasteiger partial charge is 0.350 e. The molecule has 1 aromatic carbocycles. The van der Waals surface area contributed by atoms with Gasteiger partial charge in [-0.05, 0) is 43.5 Å². The minimum Gasteiger partial charge on any atom is -0.350 e. The number of rotatable bonds is 5. The second kappa shape index (κ2) is 8.26. The molecule has 2 saturated heterocycles. The molecular formula is C17H22ClN3O3. The number of nitrogens with one attached hydrogen (secondary N) is 3. The summed E-state index contributed by atoms with van der Waals surface area (Å²) in [7, 11) is 0. The molecule has 0 spiro atoms. The highest BCUT2D eigenvalue weighted by molar-refractivity contribution is 6.03. The number of hydrogen-bond donors (Lipinski definition) is 3. The van der Waals surface area contributed by atoms with Crippen molar-refractivity contribution in [2.24, 2.45) is 5.92 Å². The van der Waals surface area contributed by atoms with Gasteiger partial charge < -0.3 is 10.6 Å². The third-order valence-electron chi connectivity index (χ3n) is 4.43. The summed E-state index contributed by atoms with van der Waals surface area (Å²) in [5.41, 5.74) is 1.56. The number of halogens is 1. The maximum atomic E-state index is 12.1. The third-order valence-corrected chi connectivity index (χ3v) is 4.43. The molecule has 7 heteroatoms. The first-order valence-corrected chi connectivity index (χ1v) is 8.06. The standard InChI is InChI=1S/C17H21N3O3.ClH/c21-15-9-13(17(23)20-15)8-11-3-5-12(6-4-11)16(22)19-10-14-2-1-7-18-14;/h3-6,13-14,18H,1-2,7-10H2,(H,19,22)(H,20,21,23);1H. The number of carbonyl (C=O) groups is 3. The van der Waals surface area contributed by atoms with Gasteiger partial charge in [-0.2, -0.15) is 0 Å². The van der Waals surface area contributed by atoms with Crippen molar-refractivity contribution in [2.45, 2.75) is 31.7 Å². The van der Waals surface area contributed by atoms with E-state index >= 15 is 0 Å². The first kappa shape index (κ1) is 18.4. The van der Waals surface area contributed by atoms with Gasteiger partial charge in [0, 0.05) is 24.6 Å². The van der Waals surface area contributed by atoms with Crippen LogP contribution in [0.1, 0.15) is 35.2 Å². The van der Waals surface area contributed by atoms with Gasteiger partial charge in [0.1, 0.15) is 0 Å². The van der Waals surface area contributed by atoms with Crippen molar-refractivity contribution in [2.75, 3.05) is 13.1 Å². The molecule has 24 heavy (non-hydrogen) atoms. The monoisotopic (exact) mass is 351 g/mol. The summed E-state index contributed by atoms with van der Waals surface area (Å²) in [5.74, 6) is -0.799. The van der Waals surface area contributed by atoms with Gasteiger partial charge in [-0.15, -0.1) is 12.4 Å². The van der Waals surface area contributed by atoms with Crippen molar-refractivity contribution in [3.63, 3.8) is 0 Å². The lowest BCUT2D eigenvalue weighted by Crippen LogP contribution is -2.37. The van der Waals surface area contributed by atoms with E-state index in [1.165, 1.54) is 0 Å². The molecule has 6 nitrogen and oxygen atoms in total. The molecule has 2 aliphatic rings. The van der Waals surface area contributed by atoms with E-state index in [9.17, 15) is 14.4 Å². The van der Waals surface area contributed by atoms with E-state index in [0.29, 0.717) is 24.6 Å². The lowest BCUT2D eigenvalue weighted by molar-refractivity contribution is -0.125. The van der Waals surface area contributed by atoms with Crippen molar-refractivity contribution >= 4 is 30.1 Å². The molecule has 2 aliphatic heterocycles. The minimum atomic E-state index is -0.296. The molecule has 0 saturated carbocycles. The molecule has 0 bridgehead atoms. The lowest BCUT2D eigenvalue weighted by Gasteiger charge is -2.12. The Morgan fingerprint density at radius 3 is 2.54 bits per heavy atom. The van der Waals surface area contributed by atoms with Crippen LogP contribution in [0.15, 0.2) is 24.3 Å². The van der Waals surface area contributed by atoms with Crippen LogP contribution in [0.2, 0.25) is 0 Å². The molecule has 0 radical (unpaired) electrons. The molecule has 1 aromatic rings. The molecule has 2 unspecified atom stereocenters. The van der Waals surface area contributed by atoms with Crippen molar-refractivity contribution < 1.29 is 14.4 Å². The quantitative estimate of drug-likeness (QED) is 0.685. The summed E-state index contributed by atoms with van der Waals surface area (Å²) < 4.78 is 0.